The van der Waals surface area contributed by atoms with Crippen LogP contribution in [0.5, 0.6) is 5.75 Å². The molecule has 2 atom stereocenters. The van der Waals surface area contributed by atoms with E-state index in [0.717, 1.165) is 42.6 Å². The van der Waals surface area contributed by atoms with Crippen LogP contribution in [0.3, 0.4) is 0 Å². The van der Waals surface area contributed by atoms with Crippen molar-refractivity contribution in [3.05, 3.63) is 57.6 Å². The van der Waals surface area contributed by atoms with Crippen molar-refractivity contribution >= 4 is 39.2 Å². The van der Waals surface area contributed by atoms with E-state index in [2.05, 4.69) is 18.2 Å². The topological polar surface area (TPSA) is 72.9 Å². The van der Waals surface area contributed by atoms with Crippen molar-refractivity contribution in [2.45, 2.75) is 61.9 Å². The molecule has 3 aliphatic rings. The highest BCUT2D eigenvalue weighted by Crippen LogP contribution is 2.49. The van der Waals surface area contributed by atoms with Crippen LogP contribution >= 0.6 is 23.2 Å². The number of hydrogen-bond donors (Lipinski definition) is 0. The fraction of sp³-hybridized carbons (Fsp3) is 0.519. The van der Waals surface area contributed by atoms with E-state index in [1.54, 1.807) is 6.07 Å². The van der Waals surface area contributed by atoms with Crippen LogP contribution in [0.25, 0.3) is 0 Å². The molecule has 5 rings (SSSR count). The lowest BCUT2D eigenvalue weighted by atomic mass is 9.80. The molecule has 1 saturated heterocycles. The molecule has 0 bridgehead atoms. The van der Waals surface area contributed by atoms with Crippen molar-refractivity contribution in [3.63, 3.8) is 0 Å². The van der Waals surface area contributed by atoms with Gasteiger partial charge in [0, 0.05) is 31.0 Å². The predicted octanol–water partition coefficient (Wildman–Crippen LogP) is 5.84. The van der Waals surface area contributed by atoms with Gasteiger partial charge in [-0.1, -0.05) is 42.3 Å². The SMILES string of the molecule is COC(=O)[C@H](C)[C@H](c1ccc2c(c1)OC1(CC2)CCN(S(=O)(=O)c2ccc(Cl)cc2Cl)CC1)C1CC1. The third-order valence-electron chi connectivity index (χ3n) is 8.04. The van der Waals surface area contributed by atoms with Crippen LogP contribution in [-0.4, -0.2) is 44.5 Å². The maximum Gasteiger partial charge on any atom is 0.309 e. The molecule has 36 heavy (non-hydrogen) atoms. The number of fused-ring (bicyclic) bond motifs is 1. The second kappa shape index (κ2) is 9.82. The highest BCUT2D eigenvalue weighted by molar-refractivity contribution is 7.89. The average Bonchev–Trinajstić information content (AvgIpc) is 3.68. The molecule has 194 valence electrons. The highest BCUT2D eigenvalue weighted by atomic mass is 35.5. The number of hydrogen-bond acceptors (Lipinski definition) is 5. The first-order chi connectivity index (χ1) is 17.1. The summed E-state index contributed by atoms with van der Waals surface area (Å²) in [6.07, 6.45) is 5.18. The largest absolute Gasteiger partial charge is 0.487 e. The molecule has 2 fully saturated rings. The molecular formula is C27H31Cl2NO5S. The van der Waals surface area contributed by atoms with Crippen molar-refractivity contribution in [3.8, 4) is 5.75 Å². The first kappa shape index (κ1) is 25.8. The smallest absolute Gasteiger partial charge is 0.309 e. The molecule has 1 saturated carbocycles. The lowest BCUT2D eigenvalue weighted by Crippen LogP contribution is -2.51. The Bertz CT molecular complexity index is 1270. The van der Waals surface area contributed by atoms with E-state index >= 15 is 0 Å². The molecular weight excluding hydrogens is 521 g/mol. The molecule has 1 aliphatic carbocycles. The summed E-state index contributed by atoms with van der Waals surface area (Å²) in [7, 11) is -2.28. The van der Waals surface area contributed by atoms with Crippen molar-refractivity contribution < 1.29 is 22.7 Å². The number of rotatable bonds is 6. The van der Waals surface area contributed by atoms with Gasteiger partial charge in [-0.05, 0) is 72.9 Å². The second-order valence-electron chi connectivity index (χ2n) is 10.3. The number of esters is 1. The molecule has 0 aromatic heterocycles. The molecule has 0 amide bonds. The fourth-order valence-corrected chi connectivity index (χ4v) is 7.98. The zero-order chi connectivity index (χ0) is 25.7. The number of piperidine rings is 1. The Morgan fingerprint density at radius 1 is 1.11 bits per heavy atom. The fourth-order valence-electron chi connectivity index (χ4n) is 5.79. The minimum Gasteiger partial charge on any atom is -0.487 e. The van der Waals surface area contributed by atoms with Gasteiger partial charge in [-0.15, -0.1) is 0 Å². The Hall–Kier alpha value is -1.80. The number of sulfonamides is 1. The first-order valence-corrected chi connectivity index (χ1v) is 14.7. The monoisotopic (exact) mass is 551 g/mol. The Morgan fingerprint density at radius 2 is 1.83 bits per heavy atom. The van der Waals surface area contributed by atoms with Gasteiger partial charge in [-0.2, -0.15) is 4.31 Å². The van der Waals surface area contributed by atoms with E-state index < -0.39 is 15.6 Å². The third kappa shape index (κ3) is 4.87. The highest BCUT2D eigenvalue weighted by Gasteiger charge is 2.44. The summed E-state index contributed by atoms with van der Waals surface area (Å²) < 4.78 is 39.7. The number of halogens is 2. The summed E-state index contributed by atoms with van der Waals surface area (Å²) in [6, 6.07) is 10.8. The molecule has 9 heteroatoms. The Morgan fingerprint density at radius 3 is 2.47 bits per heavy atom. The van der Waals surface area contributed by atoms with E-state index in [-0.39, 0.29) is 27.7 Å². The molecule has 0 radical (unpaired) electrons. The lowest BCUT2D eigenvalue weighted by molar-refractivity contribution is -0.145. The predicted molar refractivity (Wildman–Crippen MR) is 139 cm³/mol. The number of aryl methyl sites for hydroxylation is 1. The van der Waals surface area contributed by atoms with Crippen LogP contribution in [0.4, 0.5) is 0 Å². The van der Waals surface area contributed by atoms with Gasteiger partial charge in [0.05, 0.1) is 18.1 Å². The van der Waals surface area contributed by atoms with Crippen LogP contribution in [0.1, 0.15) is 56.1 Å². The van der Waals surface area contributed by atoms with E-state index in [0.29, 0.717) is 36.9 Å². The summed E-state index contributed by atoms with van der Waals surface area (Å²) in [5.74, 6) is 1.06. The molecule has 2 heterocycles. The van der Waals surface area contributed by atoms with Crippen LogP contribution in [0.2, 0.25) is 10.0 Å². The van der Waals surface area contributed by atoms with Crippen LogP contribution in [0, 0.1) is 11.8 Å². The number of methoxy groups -OCH3 is 1. The summed E-state index contributed by atoms with van der Waals surface area (Å²) in [6.45, 7) is 2.67. The summed E-state index contributed by atoms with van der Waals surface area (Å²) in [5.41, 5.74) is 1.88. The first-order valence-electron chi connectivity index (χ1n) is 12.5. The van der Waals surface area contributed by atoms with Crippen molar-refractivity contribution in [1.29, 1.82) is 0 Å². The van der Waals surface area contributed by atoms with Gasteiger partial charge in [-0.25, -0.2) is 8.42 Å². The van der Waals surface area contributed by atoms with E-state index in [1.165, 1.54) is 23.5 Å². The lowest BCUT2D eigenvalue weighted by Gasteiger charge is -2.44. The van der Waals surface area contributed by atoms with Crippen molar-refractivity contribution in [2.75, 3.05) is 20.2 Å². The number of ether oxygens (including phenoxy) is 2. The summed E-state index contributed by atoms with van der Waals surface area (Å²) in [5, 5.41) is 0.527. The van der Waals surface area contributed by atoms with Gasteiger partial charge in [0.1, 0.15) is 16.2 Å². The summed E-state index contributed by atoms with van der Waals surface area (Å²) >= 11 is 12.2. The Labute approximate surface area is 222 Å². The molecule has 2 aromatic rings. The van der Waals surface area contributed by atoms with Crippen LogP contribution in [0.15, 0.2) is 41.3 Å². The zero-order valence-corrected chi connectivity index (χ0v) is 22.8. The van der Waals surface area contributed by atoms with Gasteiger partial charge in [0.25, 0.3) is 0 Å². The molecule has 6 nitrogen and oxygen atoms in total. The normalized spacial score (nSPS) is 21.3. The van der Waals surface area contributed by atoms with Gasteiger partial charge in [0.2, 0.25) is 10.0 Å². The quantitative estimate of drug-likeness (QED) is 0.421. The van der Waals surface area contributed by atoms with Gasteiger partial charge in [0.15, 0.2) is 0 Å². The molecule has 0 unspecified atom stereocenters. The second-order valence-corrected chi connectivity index (χ2v) is 13.1. The number of benzene rings is 2. The maximum absolute atomic E-state index is 13.2. The third-order valence-corrected chi connectivity index (χ3v) is 10.7. The average molecular weight is 553 g/mol. The zero-order valence-electron chi connectivity index (χ0n) is 20.5. The number of nitrogens with zero attached hydrogens (tertiary/aromatic N) is 1. The van der Waals surface area contributed by atoms with Crippen LogP contribution in [-0.2, 0) is 26.0 Å². The van der Waals surface area contributed by atoms with E-state index in [4.69, 9.17) is 32.7 Å². The molecule has 2 aromatic carbocycles. The number of carbonyl (C=O) groups excluding carboxylic acids is 1. The minimum absolute atomic E-state index is 0.0786. The van der Waals surface area contributed by atoms with E-state index in [9.17, 15) is 13.2 Å². The van der Waals surface area contributed by atoms with Gasteiger partial charge < -0.3 is 9.47 Å². The standard InChI is InChI=1S/C27H31Cl2NO5S/c1-17(26(31)34-2)25(19-4-5-19)20-6-3-18-9-10-27(35-23(18)15-20)11-13-30(14-12-27)36(32,33)24-8-7-21(28)16-22(24)29/h3,6-8,15-17,19,25H,4-5,9-14H2,1-2H3/t17-,25+/m1/s1. The minimum atomic E-state index is -3.72. The Kier molecular flexibility index (Phi) is 7.05. The number of carbonyl (C=O) groups is 1. The summed E-state index contributed by atoms with van der Waals surface area (Å²) in [4.78, 5) is 12.4. The molecule has 0 N–H and O–H groups in total. The van der Waals surface area contributed by atoms with Crippen molar-refractivity contribution in [2.24, 2.45) is 11.8 Å². The van der Waals surface area contributed by atoms with Crippen LogP contribution < -0.4 is 4.74 Å². The van der Waals surface area contributed by atoms with Crippen molar-refractivity contribution in [1.82, 2.24) is 4.31 Å². The van der Waals surface area contributed by atoms with Gasteiger partial charge in [-0.3, -0.25) is 4.79 Å². The van der Waals surface area contributed by atoms with E-state index in [1.807, 2.05) is 6.92 Å². The molecule has 1 spiro atoms. The molecule has 2 aliphatic heterocycles. The maximum atomic E-state index is 13.2. The van der Waals surface area contributed by atoms with Gasteiger partial charge >= 0.3 is 5.97 Å². The Balaban J connectivity index is 1.33.